The van der Waals surface area contributed by atoms with Crippen LogP contribution >= 0.6 is 0 Å². The Bertz CT molecular complexity index is 696. The normalized spacial score (nSPS) is 48.7. The van der Waals surface area contributed by atoms with Gasteiger partial charge in [0.25, 0.3) is 0 Å². The van der Waals surface area contributed by atoms with Crippen LogP contribution in [0.4, 0.5) is 0 Å². The van der Waals surface area contributed by atoms with Crippen molar-refractivity contribution in [3.63, 3.8) is 0 Å². The summed E-state index contributed by atoms with van der Waals surface area (Å²) >= 11 is 0. The Morgan fingerprint density at radius 2 is 1.74 bits per heavy atom. The SMILES string of the molecule is CC(=O)O[C@@]1(C(C)=O)CC[C@@H]2[C@@H]3CCC4=C[C@H](O)CC[C@]4(C)[C@@H]3CC[C@@]21C. The van der Waals surface area contributed by atoms with Crippen molar-refractivity contribution in [1.29, 1.82) is 0 Å². The molecule has 4 nitrogen and oxygen atoms in total. The Hall–Kier alpha value is -1.16. The van der Waals surface area contributed by atoms with Crippen molar-refractivity contribution in [1.82, 2.24) is 0 Å². The molecule has 150 valence electrons. The molecule has 4 aliphatic carbocycles. The first-order chi connectivity index (χ1) is 12.6. The van der Waals surface area contributed by atoms with Crippen molar-refractivity contribution in [3.05, 3.63) is 11.6 Å². The highest BCUT2D eigenvalue weighted by molar-refractivity contribution is 5.89. The Labute approximate surface area is 162 Å². The maximum Gasteiger partial charge on any atom is 0.303 e. The lowest BCUT2D eigenvalue weighted by atomic mass is 9.46. The predicted molar refractivity (Wildman–Crippen MR) is 103 cm³/mol. The second-order valence-corrected chi connectivity index (χ2v) is 10.1. The minimum Gasteiger partial charge on any atom is -0.451 e. The number of aliphatic hydroxyl groups is 1. The highest BCUT2D eigenvalue weighted by atomic mass is 16.6. The third-order valence-electron chi connectivity index (χ3n) is 9.10. The zero-order valence-electron chi connectivity index (χ0n) is 17.2. The summed E-state index contributed by atoms with van der Waals surface area (Å²) in [6.07, 6.45) is 9.62. The van der Waals surface area contributed by atoms with Gasteiger partial charge in [0.05, 0.1) is 6.10 Å². The molecule has 0 spiro atoms. The van der Waals surface area contributed by atoms with E-state index in [1.165, 1.54) is 12.5 Å². The van der Waals surface area contributed by atoms with Gasteiger partial charge < -0.3 is 9.84 Å². The van der Waals surface area contributed by atoms with Crippen LogP contribution in [0.3, 0.4) is 0 Å². The summed E-state index contributed by atoms with van der Waals surface area (Å²) in [6, 6.07) is 0. The van der Waals surface area contributed by atoms with Gasteiger partial charge in [-0.15, -0.1) is 0 Å². The van der Waals surface area contributed by atoms with Crippen LogP contribution in [-0.2, 0) is 14.3 Å². The van der Waals surface area contributed by atoms with Gasteiger partial charge in [0.1, 0.15) is 0 Å². The molecule has 3 saturated carbocycles. The highest BCUT2D eigenvalue weighted by Gasteiger charge is 2.67. The lowest BCUT2D eigenvalue weighted by Gasteiger charge is -2.59. The Kier molecular flexibility index (Phi) is 4.38. The van der Waals surface area contributed by atoms with Crippen LogP contribution in [0, 0.1) is 28.6 Å². The molecule has 4 heteroatoms. The van der Waals surface area contributed by atoms with E-state index in [1.807, 2.05) is 0 Å². The molecule has 3 fully saturated rings. The molecule has 0 radical (unpaired) electrons. The van der Waals surface area contributed by atoms with E-state index < -0.39 is 5.60 Å². The number of esters is 1. The fraction of sp³-hybridized carbons (Fsp3) is 0.826. The molecule has 0 heterocycles. The smallest absolute Gasteiger partial charge is 0.303 e. The molecule has 0 aromatic carbocycles. The number of carbonyl (C=O) groups is 2. The molecule has 0 unspecified atom stereocenters. The molecule has 1 N–H and O–H groups in total. The second kappa shape index (κ2) is 6.17. The summed E-state index contributed by atoms with van der Waals surface area (Å²) in [5.41, 5.74) is 0.458. The van der Waals surface area contributed by atoms with Crippen LogP contribution in [0.15, 0.2) is 11.6 Å². The molecular formula is C23H34O4. The molecular weight excluding hydrogens is 340 g/mol. The molecule has 0 aromatic rings. The number of hydrogen-bond acceptors (Lipinski definition) is 4. The first kappa shape index (κ1) is 19.2. The van der Waals surface area contributed by atoms with Crippen molar-refractivity contribution in [2.75, 3.05) is 0 Å². The van der Waals surface area contributed by atoms with Gasteiger partial charge >= 0.3 is 5.97 Å². The average Bonchev–Trinajstić information content (AvgIpc) is 2.89. The standard InChI is InChI=1S/C23H34O4/c1-14(24)23(27-15(2)25)12-9-20-18-6-5-16-13-17(26)7-10-21(16,3)19(18)8-11-22(20,23)4/h13,17-20,26H,5-12H2,1-4H3/t17-,18-,19-,20-,21+,22+,23-/m1/s1. The van der Waals surface area contributed by atoms with E-state index in [9.17, 15) is 14.7 Å². The van der Waals surface area contributed by atoms with Gasteiger partial charge in [-0.25, -0.2) is 0 Å². The Balaban J connectivity index is 1.69. The van der Waals surface area contributed by atoms with Crippen LogP contribution in [-0.4, -0.2) is 28.6 Å². The first-order valence-electron chi connectivity index (χ1n) is 10.7. The zero-order valence-corrected chi connectivity index (χ0v) is 17.2. The van der Waals surface area contributed by atoms with Gasteiger partial charge in [-0.05, 0) is 81.5 Å². The van der Waals surface area contributed by atoms with E-state index >= 15 is 0 Å². The maximum absolute atomic E-state index is 12.7. The maximum atomic E-state index is 12.7. The van der Waals surface area contributed by atoms with E-state index in [4.69, 9.17) is 4.74 Å². The van der Waals surface area contributed by atoms with Crippen LogP contribution in [0.1, 0.15) is 79.1 Å². The van der Waals surface area contributed by atoms with E-state index in [0.717, 1.165) is 44.9 Å². The van der Waals surface area contributed by atoms with Gasteiger partial charge in [-0.3, -0.25) is 9.59 Å². The summed E-state index contributed by atoms with van der Waals surface area (Å²) < 4.78 is 5.83. The number of hydrogen-bond donors (Lipinski definition) is 1. The molecule has 0 saturated heterocycles. The predicted octanol–water partition coefficient (Wildman–Crippen LogP) is 4.20. The average molecular weight is 375 g/mol. The van der Waals surface area contributed by atoms with Gasteiger partial charge in [0.2, 0.25) is 0 Å². The summed E-state index contributed by atoms with van der Waals surface area (Å²) in [7, 11) is 0. The summed E-state index contributed by atoms with van der Waals surface area (Å²) in [5.74, 6) is 1.31. The molecule has 0 bridgehead atoms. The number of aliphatic hydroxyl groups excluding tert-OH is 1. The van der Waals surface area contributed by atoms with Gasteiger partial charge in [0, 0.05) is 12.3 Å². The minimum absolute atomic E-state index is 0.0181. The molecule has 27 heavy (non-hydrogen) atoms. The van der Waals surface area contributed by atoms with E-state index in [2.05, 4.69) is 19.9 Å². The zero-order chi connectivity index (χ0) is 19.6. The van der Waals surface area contributed by atoms with Crippen molar-refractivity contribution in [3.8, 4) is 0 Å². The third kappa shape index (κ3) is 2.51. The summed E-state index contributed by atoms with van der Waals surface area (Å²) in [6.45, 7) is 7.65. The number of Topliss-reactive ketones (excluding diaryl/α,β-unsaturated/α-hetero) is 1. The lowest BCUT2D eigenvalue weighted by Crippen LogP contribution is -2.58. The number of carbonyl (C=O) groups excluding carboxylic acids is 2. The number of allylic oxidation sites excluding steroid dienone is 1. The van der Waals surface area contributed by atoms with Crippen LogP contribution in [0.25, 0.3) is 0 Å². The first-order valence-corrected chi connectivity index (χ1v) is 10.7. The van der Waals surface area contributed by atoms with Crippen LogP contribution in [0.2, 0.25) is 0 Å². The molecule has 0 amide bonds. The molecule has 4 rings (SSSR count). The molecule has 4 aliphatic rings. The number of ether oxygens (including phenoxy) is 1. The van der Waals surface area contributed by atoms with Crippen molar-refractivity contribution in [2.24, 2.45) is 28.6 Å². The van der Waals surface area contributed by atoms with Gasteiger partial charge in [-0.2, -0.15) is 0 Å². The number of rotatable bonds is 2. The van der Waals surface area contributed by atoms with Crippen molar-refractivity contribution >= 4 is 11.8 Å². The quantitative estimate of drug-likeness (QED) is 0.581. The Morgan fingerprint density at radius 3 is 2.41 bits per heavy atom. The van der Waals surface area contributed by atoms with Crippen molar-refractivity contribution in [2.45, 2.75) is 90.8 Å². The third-order valence-corrected chi connectivity index (χ3v) is 9.10. The fourth-order valence-corrected chi connectivity index (χ4v) is 7.77. The topological polar surface area (TPSA) is 63.6 Å². The largest absolute Gasteiger partial charge is 0.451 e. The monoisotopic (exact) mass is 374 g/mol. The van der Waals surface area contributed by atoms with Crippen molar-refractivity contribution < 1.29 is 19.4 Å². The summed E-state index contributed by atoms with van der Waals surface area (Å²) in [4.78, 5) is 24.6. The van der Waals surface area contributed by atoms with E-state index in [-0.39, 0.29) is 28.7 Å². The fourth-order valence-electron chi connectivity index (χ4n) is 7.77. The molecule has 0 aliphatic heterocycles. The number of fused-ring (bicyclic) bond motifs is 5. The van der Waals surface area contributed by atoms with Gasteiger partial charge in [0.15, 0.2) is 11.4 Å². The highest BCUT2D eigenvalue weighted by Crippen LogP contribution is 2.68. The number of ketones is 1. The summed E-state index contributed by atoms with van der Waals surface area (Å²) in [5, 5.41) is 10.1. The molecule has 7 atom stereocenters. The van der Waals surface area contributed by atoms with Crippen LogP contribution in [0.5, 0.6) is 0 Å². The van der Waals surface area contributed by atoms with Crippen LogP contribution < -0.4 is 0 Å². The Morgan fingerprint density at radius 1 is 1.04 bits per heavy atom. The molecule has 0 aromatic heterocycles. The lowest BCUT2D eigenvalue weighted by molar-refractivity contribution is -0.187. The van der Waals surface area contributed by atoms with Gasteiger partial charge in [-0.1, -0.05) is 25.5 Å². The van der Waals surface area contributed by atoms with E-state index in [1.54, 1.807) is 6.92 Å². The second-order valence-electron chi connectivity index (χ2n) is 10.1. The minimum atomic E-state index is -0.936. The van der Waals surface area contributed by atoms with E-state index in [0.29, 0.717) is 24.2 Å².